The fourth-order valence-electron chi connectivity index (χ4n) is 0.832. The highest BCUT2D eigenvalue weighted by Gasteiger charge is 2.10. The van der Waals surface area contributed by atoms with Gasteiger partial charge in [-0.1, -0.05) is 19.8 Å². The predicted octanol–water partition coefficient (Wildman–Crippen LogP) is 1.03. The van der Waals surface area contributed by atoms with Gasteiger partial charge in [-0.25, -0.2) is 8.42 Å². The summed E-state index contributed by atoms with van der Waals surface area (Å²) in [6, 6.07) is 0. The minimum absolute atomic E-state index is 0.0491. The van der Waals surface area contributed by atoms with E-state index >= 15 is 0 Å². The number of hydrogen-bond donors (Lipinski definition) is 1. The van der Waals surface area contributed by atoms with Gasteiger partial charge in [-0.2, -0.15) is 0 Å². The summed E-state index contributed by atoms with van der Waals surface area (Å²) in [5.74, 6) is -0.442. The van der Waals surface area contributed by atoms with Crippen LogP contribution in [0.3, 0.4) is 0 Å². The van der Waals surface area contributed by atoms with Gasteiger partial charge in [0.1, 0.15) is 0 Å². The van der Waals surface area contributed by atoms with Crippen molar-refractivity contribution in [2.75, 3.05) is 5.75 Å². The summed E-state index contributed by atoms with van der Waals surface area (Å²) in [7, 11) is -3.36. The Kier molecular flexibility index (Phi) is 5.70. The lowest BCUT2D eigenvalue weighted by molar-refractivity contribution is -0.119. The van der Waals surface area contributed by atoms with Gasteiger partial charge < -0.3 is 0 Å². The van der Waals surface area contributed by atoms with Gasteiger partial charge in [0.2, 0.25) is 15.9 Å². The van der Waals surface area contributed by atoms with Gasteiger partial charge in [0.05, 0.1) is 5.75 Å². The number of unbranched alkanes of at least 4 members (excludes halogenated alkanes) is 2. The number of sulfonamides is 1. The van der Waals surface area contributed by atoms with E-state index < -0.39 is 15.9 Å². The molecule has 13 heavy (non-hydrogen) atoms. The van der Waals surface area contributed by atoms with Gasteiger partial charge >= 0.3 is 0 Å². The average molecular weight is 207 g/mol. The molecule has 0 bridgehead atoms. The van der Waals surface area contributed by atoms with Crippen molar-refractivity contribution in [1.82, 2.24) is 4.72 Å². The lowest BCUT2D eigenvalue weighted by Crippen LogP contribution is -2.31. The number of rotatable bonds is 6. The molecule has 0 atom stereocenters. The van der Waals surface area contributed by atoms with Crippen LogP contribution in [0, 0.1) is 0 Å². The minimum atomic E-state index is -3.36. The molecule has 0 heterocycles. The third kappa shape index (κ3) is 6.57. The van der Waals surface area contributed by atoms with Crippen molar-refractivity contribution in [2.45, 2.75) is 39.5 Å². The Bertz CT molecular complexity index is 246. The molecule has 1 amide bonds. The lowest BCUT2D eigenvalue weighted by Gasteiger charge is -2.03. The lowest BCUT2D eigenvalue weighted by atomic mass is 10.2. The second kappa shape index (κ2) is 5.96. The van der Waals surface area contributed by atoms with Crippen LogP contribution in [0.2, 0.25) is 0 Å². The van der Waals surface area contributed by atoms with Crippen LogP contribution in [-0.2, 0) is 14.8 Å². The first-order valence-electron chi connectivity index (χ1n) is 4.55. The van der Waals surface area contributed by atoms with Gasteiger partial charge in [0.25, 0.3) is 0 Å². The molecule has 0 fully saturated rings. The highest BCUT2D eigenvalue weighted by Crippen LogP contribution is 1.98. The van der Waals surface area contributed by atoms with Gasteiger partial charge in [0, 0.05) is 6.42 Å². The van der Waals surface area contributed by atoms with Gasteiger partial charge in [0.15, 0.2) is 0 Å². The molecular weight excluding hydrogens is 190 g/mol. The summed E-state index contributed by atoms with van der Waals surface area (Å²) in [5.41, 5.74) is 0. The zero-order valence-corrected chi connectivity index (χ0v) is 8.99. The summed E-state index contributed by atoms with van der Waals surface area (Å²) < 4.78 is 23.8. The van der Waals surface area contributed by atoms with Crippen molar-refractivity contribution in [3.05, 3.63) is 0 Å². The maximum atomic E-state index is 11.0. The summed E-state index contributed by atoms with van der Waals surface area (Å²) in [4.78, 5) is 11.0. The summed E-state index contributed by atoms with van der Waals surface area (Å²) in [6.45, 7) is 3.53. The van der Waals surface area contributed by atoms with E-state index in [0.29, 0.717) is 6.42 Å². The van der Waals surface area contributed by atoms with E-state index in [0.717, 1.165) is 19.3 Å². The Labute approximate surface area is 79.8 Å². The molecule has 0 aliphatic rings. The first-order valence-corrected chi connectivity index (χ1v) is 6.20. The second-order valence-corrected chi connectivity index (χ2v) is 4.90. The van der Waals surface area contributed by atoms with E-state index in [4.69, 9.17) is 0 Å². The molecule has 5 heteroatoms. The largest absolute Gasteiger partial charge is 0.274 e. The maximum absolute atomic E-state index is 11.0. The van der Waals surface area contributed by atoms with E-state index in [-0.39, 0.29) is 5.75 Å². The minimum Gasteiger partial charge on any atom is -0.274 e. The molecule has 1 N–H and O–H groups in total. The van der Waals surface area contributed by atoms with Crippen LogP contribution in [-0.4, -0.2) is 20.1 Å². The van der Waals surface area contributed by atoms with Crippen LogP contribution < -0.4 is 4.72 Å². The van der Waals surface area contributed by atoms with Crippen LogP contribution >= 0.6 is 0 Å². The van der Waals surface area contributed by atoms with Crippen molar-refractivity contribution < 1.29 is 13.2 Å². The van der Waals surface area contributed by atoms with Crippen molar-refractivity contribution in [2.24, 2.45) is 0 Å². The van der Waals surface area contributed by atoms with Crippen LogP contribution in [0.4, 0.5) is 0 Å². The smallest absolute Gasteiger partial charge is 0.234 e. The number of amides is 1. The van der Waals surface area contributed by atoms with Gasteiger partial charge in [-0.05, 0) is 13.3 Å². The van der Waals surface area contributed by atoms with E-state index in [1.54, 1.807) is 0 Å². The molecule has 0 aliphatic carbocycles. The standard InChI is InChI=1S/C8H17NO3S/c1-3-5-6-7-8(10)9-13(11,12)4-2/h3-7H2,1-2H3,(H,9,10). The zero-order chi connectivity index (χ0) is 10.3. The van der Waals surface area contributed by atoms with Crippen LogP contribution in [0.1, 0.15) is 39.5 Å². The Morgan fingerprint density at radius 2 is 1.85 bits per heavy atom. The first-order chi connectivity index (χ1) is 6.02. The topological polar surface area (TPSA) is 63.2 Å². The fraction of sp³-hybridized carbons (Fsp3) is 0.875. The molecule has 0 aromatic heterocycles. The summed E-state index contributed by atoms with van der Waals surface area (Å²) in [6.07, 6.45) is 3.03. The Balaban J connectivity index is 3.75. The maximum Gasteiger partial charge on any atom is 0.234 e. The molecule has 0 aliphatic heterocycles. The monoisotopic (exact) mass is 207 g/mol. The highest BCUT2D eigenvalue weighted by molar-refractivity contribution is 7.90. The van der Waals surface area contributed by atoms with Crippen LogP contribution in [0.15, 0.2) is 0 Å². The first kappa shape index (κ1) is 12.4. The molecule has 0 aromatic rings. The molecule has 0 unspecified atom stereocenters. The van der Waals surface area contributed by atoms with Crippen molar-refractivity contribution in [3.8, 4) is 0 Å². The summed E-state index contributed by atoms with van der Waals surface area (Å²) in [5, 5.41) is 0. The molecule has 0 rings (SSSR count). The van der Waals surface area contributed by atoms with Crippen LogP contribution in [0.5, 0.6) is 0 Å². The Morgan fingerprint density at radius 3 is 2.31 bits per heavy atom. The Hall–Kier alpha value is -0.580. The van der Waals surface area contributed by atoms with Crippen molar-refractivity contribution in [3.63, 3.8) is 0 Å². The van der Waals surface area contributed by atoms with E-state index in [1.165, 1.54) is 6.92 Å². The molecule has 0 radical (unpaired) electrons. The van der Waals surface area contributed by atoms with Crippen molar-refractivity contribution >= 4 is 15.9 Å². The average Bonchev–Trinajstić information content (AvgIpc) is 2.04. The predicted molar refractivity (Wildman–Crippen MR) is 51.7 cm³/mol. The number of nitrogens with one attached hydrogen (secondary N) is 1. The molecular formula is C8H17NO3S. The third-order valence-electron chi connectivity index (χ3n) is 1.66. The van der Waals surface area contributed by atoms with Crippen molar-refractivity contribution in [1.29, 1.82) is 0 Å². The molecule has 4 nitrogen and oxygen atoms in total. The SMILES string of the molecule is CCCCCC(=O)NS(=O)(=O)CC. The molecule has 0 saturated carbocycles. The number of carbonyl (C=O) groups is 1. The zero-order valence-electron chi connectivity index (χ0n) is 8.17. The molecule has 0 spiro atoms. The molecule has 0 saturated heterocycles. The van der Waals surface area contributed by atoms with Crippen LogP contribution in [0.25, 0.3) is 0 Å². The number of carbonyl (C=O) groups excluding carboxylic acids is 1. The van der Waals surface area contributed by atoms with Gasteiger partial charge in [-0.3, -0.25) is 9.52 Å². The fourth-order valence-corrected chi connectivity index (χ4v) is 1.43. The molecule has 78 valence electrons. The van der Waals surface area contributed by atoms with E-state index in [2.05, 4.69) is 0 Å². The van der Waals surface area contributed by atoms with Gasteiger partial charge in [-0.15, -0.1) is 0 Å². The third-order valence-corrected chi connectivity index (χ3v) is 2.96. The summed E-state index contributed by atoms with van der Waals surface area (Å²) >= 11 is 0. The van der Waals surface area contributed by atoms with E-state index in [9.17, 15) is 13.2 Å². The quantitative estimate of drug-likeness (QED) is 0.662. The normalized spacial score (nSPS) is 11.2. The Morgan fingerprint density at radius 1 is 1.23 bits per heavy atom. The highest BCUT2D eigenvalue weighted by atomic mass is 32.2. The van der Waals surface area contributed by atoms with E-state index in [1.807, 2.05) is 11.6 Å². The number of hydrogen-bond acceptors (Lipinski definition) is 3. The second-order valence-electron chi connectivity index (χ2n) is 2.89. The molecule has 0 aromatic carbocycles.